The van der Waals surface area contributed by atoms with Crippen molar-refractivity contribution in [3.05, 3.63) is 35.6 Å². The van der Waals surface area contributed by atoms with Gasteiger partial charge in [-0.3, -0.25) is 9.78 Å². The first-order chi connectivity index (χ1) is 10.8. The summed E-state index contributed by atoms with van der Waals surface area (Å²) in [5.74, 6) is -0.545. The van der Waals surface area contributed by atoms with Gasteiger partial charge in [-0.2, -0.15) is 13.2 Å². The van der Waals surface area contributed by atoms with Crippen molar-refractivity contribution in [3.8, 4) is 10.6 Å². The summed E-state index contributed by atoms with van der Waals surface area (Å²) in [4.78, 5) is 21.0. The Morgan fingerprint density at radius 3 is 2.83 bits per heavy atom. The summed E-state index contributed by atoms with van der Waals surface area (Å²) in [5, 5.41) is 11.3. The van der Waals surface area contributed by atoms with Crippen molar-refractivity contribution < 1.29 is 23.1 Å². The molecule has 1 amide bonds. The molecule has 0 bridgehead atoms. The molecule has 0 saturated heterocycles. The van der Waals surface area contributed by atoms with Gasteiger partial charge in [0.2, 0.25) is 5.91 Å². The van der Waals surface area contributed by atoms with E-state index >= 15 is 0 Å². The Morgan fingerprint density at radius 2 is 2.22 bits per heavy atom. The second-order valence-corrected chi connectivity index (χ2v) is 5.75. The molecule has 2 aromatic rings. The van der Waals surface area contributed by atoms with E-state index in [1.54, 1.807) is 23.8 Å². The zero-order valence-electron chi connectivity index (χ0n) is 12.1. The molecule has 0 aliphatic rings. The lowest BCUT2D eigenvalue weighted by Crippen LogP contribution is -2.42. The van der Waals surface area contributed by atoms with Crippen LogP contribution in [0.3, 0.4) is 0 Å². The number of hydrogen-bond acceptors (Lipinski definition) is 5. The number of halogens is 3. The van der Waals surface area contributed by atoms with Gasteiger partial charge in [0.1, 0.15) is 5.01 Å². The smallest absolute Gasteiger partial charge is 0.382 e. The molecular formula is C14H14F3N3O2S. The minimum atomic E-state index is -4.75. The van der Waals surface area contributed by atoms with Crippen LogP contribution in [0.4, 0.5) is 13.2 Å². The number of carbonyl (C=O) groups excluding carboxylic acids is 1. The van der Waals surface area contributed by atoms with Gasteiger partial charge in [-0.15, -0.1) is 11.3 Å². The summed E-state index contributed by atoms with van der Waals surface area (Å²) >= 11 is 1.32. The third-order valence-corrected chi connectivity index (χ3v) is 3.98. The molecule has 0 aliphatic carbocycles. The maximum atomic E-state index is 12.3. The minimum absolute atomic E-state index is 0.127. The highest BCUT2D eigenvalue weighted by Crippen LogP contribution is 2.23. The monoisotopic (exact) mass is 345 g/mol. The van der Waals surface area contributed by atoms with Crippen molar-refractivity contribution in [2.75, 3.05) is 13.6 Å². The van der Waals surface area contributed by atoms with E-state index in [2.05, 4.69) is 9.97 Å². The maximum Gasteiger partial charge on any atom is 0.416 e. The zero-order valence-corrected chi connectivity index (χ0v) is 12.9. The topological polar surface area (TPSA) is 66.3 Å². The van der Waals surface area contributed by atoms with E-state index in [9.17, 15) is 18.0 Å². The van der Waals surface area contributed by atoms with Crippen molar-refractivity contribution in [3.63, 3.8) is 0 Å². The summed E-state index contributed by atoms with van der Waals surface area (Å²) in [6.07, 6.45) is -4.17. The zero-order chi connectivity index (χ0) is 17.0. The van der Waals surface area contributed by atoms with Crippen molar-refractivity contribution in [1.82, 2.24) is 14.9 Å². The van der Waals surface area contributed by atoms with Crippen molar-refractivity contribution in [2.45, 2.75) is 18.7 Å². The van der Waals surface area contributed by atoms with Gasteiger partial charge in [0.15, 0.2) is 6.10 Å². The van der Waals surface area contributed by atoms with Crippen LogP contribution in [0.25, 0.3) is 10.6 Å². The lowest BCUT2D eigenvalue weighted by atomic mass is 10.2. The minimum Gasteiger partial charge on any atom is -0.382 e. The highest BCUT2D eigenvalue weighted by Gasteiger charge is 2.39. The molecule has 0 radical (unpaired) electrons. The fourth-order valence-corrected chi connectivity index (χ4v) is 2.58. The first-order valence-corrected chi connectivity index (χ1v) is 7.49. The van der Waals surface area contributed by atoms with Crippen LogP contribution in [0.5, 0.6) is 0 Å². The Labute approximate surface area is 134 Å². The van der Waals surface area contributed by atoms with Gasteiger partial charge in [0, 0.05) is 30.4 Å². The summed E-state index contributed by atoms with van der Waals surface area (Å²) in [5.41, 5.74) is 1.27. The number of nitrogens with zero attached hydrogens (tertiary/aromatic N) is 3. The summed E-state index contributed by atoms with van der Waals surface area (Å²) in [7, 11) is 1.21. The Hall–Kier alpha value is -2.00. The molecule has 2 heterocycles. The second kappa shape index (κ2) is 7.05. The fourth-order valence-electron chi connectivity index (χ4n) is 1.76. The molecule has 23 heavy (non-hydrogen) atoms. The molecule has 0 saturated carbocycles. The number of aliphatic hydroxyl groups excluding tert-OH is 1. The highest BCUT2D eigenvalue weighted by molar-refractivity contribution is 7.13. The Kier molecular flexibility index (Phi) is 5.32. The molecule has 2 aromatic heterocycles. The van der Waals surface area contributed by atoms with Crippen LogP contribution in [0, 0.1) is 0 Å². The van der Waals surface area contributed by atoms with Gasteiger partial charge in [-0.05, 0) is 12.1 Å². The first-order valence-electron chi connectivity index (χ1n) is 6.61. The van der Waals surface area contributed by atoms with E-state index in [1.807, 2.05) is 6.07 Å². The molecule has 9 heteroatoms. The van der Waals surface area contributed by atoms with Crippen LogP contribution < -0.4 is 0 Å². The molecule has 5 nitrogen and oxygen atoms in total. The molecule has 0 aliphatic heterocycles. The quantitative estimate of drug-likeness (QED) is 0.902. The number of hydrogen-bond donors (Lipinski definition) is 1. The third kappa shape index (κ3) is 4.73. The Morgan fingerprint density at radius 1 is 1.48 bits per heavy atom. The maximum absolute atomic E-state index is 12.3. The molecule has 0 spiro atoms. The number of aromatic nitrogens is 2. The van der Waals surface area contributed by atoms with E-state index in [4.69, 9.17) is 5.11 Å². The van der Waals surface area contributed by atoms with Gasteiger partial charge >= 0.3 is 6.18 Å². The molecular weight excluding hydrogens is 331 g/mol. The number of likely N-dealkylation sites (N-methyl/N-ethyl adjacent to an activating group) is 1. The molecule has 1 unspecified atom stereocenters. The molecule has 0 aromatic carbocycles. The van der Waals surface area contributed by atoms with Crippen LogP contribution >= 0.6 is 11.3 Å². The van der Waals surface area contributed by atoms with E-state index in [0.717, 1.165) is 10.5 Å². The first kappa shape index (κ1) is 17.4. The predicted molar refractivity (Wildman–Crippen MR) is 78.7 cm³/mol. The van der Waals surface area contributed by atoms with Crippen molar-refractivity contribution in [2.24, 2.45) is 0 Å². The fraction of sp³-hybridized carbons (Fsp3) is 0.357. The number of rotatable bonds is 5. The van der Waals surface area contributed by atoms with Crippen LogP contribution in [0.2, 0.25) is 0 Å². The summed E-state index contributed by atoms with van der Waals surface area (Å²) in [6, 6.07) is 3.58. The molecule has 2 rings (SSSR count). The number of pyridine rings is 1. The molecule has 1 N–H and O–H groups in total. The molecule has 1 atom stereocenters. The van der Waals surface area contributed by atoms with E-state index in [0.29, 0.717) is 10.7 Å². The van der Waals surface area contributed by atoms with Gasteiger partial charge in [-0.25, -0.2) is 4.98 Å². The predicted octanol–water partition coefficient (Wildman–Crippen LogP) is 2.13. The lowest BCUT2D eigenvalue weighted by Gasteiger charge is -2.22. The molecule has 0 fully saturated rings. The van der Waals surface area contributed by atoms with Crippen LogP contribution in [-0.2, 0) is 11.2 Å². The van der Waals surface area contributed by atoms with Gasteiger partial charge < -0.3 is 10.0 Å². The average Bonchev–Trinajstić information content (AvgIpc) is 2.95. The van der Waals surface area contributed by atoms with Crippen LogP contribution in [0.1, 0.15) is 5.69 Å². The average molecular weight is 345 g/mol. The second-order valence-electron chi connectivity index (χ2n) is 4.89. The summed E-state index contributed by atoms with van der Waals surface area (Å²) in [6.45, 7) is -0.804. The Balaban J connectivity index is 1.97. The standard InChI is InChI=1S/C14H14F3N3O2S/c1-20(7-11(21)14(15,16)17)12(22)5-10-8-23-13(19-10)9-3-2-4-18-6-9/h2-4,6,8,11,21H,5,7H2,1H3. The lowest BCUT2D eigenvalue weighted by molar-refractivity contribution is -0.207. The van der Waals surface area contributed by atoms with Crippen molar-refractivity contribution in [1.29, 1.82) is 0 Å². The van der Waals surface area contributed by atoms with E-state index in [-0.39, 0.29) is 6.42 Å². The van der Waals surface area contributed by atoms with Gasteiger partial charge in [0.05, 0.1) is 18.7 Å². The normalized spacial score (nSPS) is 12.9. The van der Waals surface area contributed by atoms with E-state index < -0.39 is 24.7 Å². The molecule has 124 valence electrons. The number of amides is 1. The Bertz CT molecular complexity index is 661. The largest absolute Gasteiger partial charge is 0.416 e. The highest BCUT2D eigenvalue weighted by atomic mass is 32.1. The summed E-state index contributed by atoms with van der Waals surface area (Å²) < 4.78 is 36.9. The number of carbonyl (C=O) groups is 1. The van der Waals surface area contributed by atoms with E-state index in [1.165, 1.54) is 18.4 Å². The van der Waals surface area contributed by atoms with Crippen molar-refractivity contribution >= 4 is 17.2 Å². The van der Waals surface area contributed by atoms with Gasteiger partial charge in [-0.1, -0.05) is 0 Å². The number of aliphatic hydroxyl groups is 1. The number of thiazole rings is 1. The van der Waals surface area contributed by atoms with Gasteiger partial charge in [0.25, 0.3) is 0 Å². The van der Waals surface area contributed by atoms with Crippen LogP contribution in [-0.4, -0.2) is 51.8 Å². The van der Waals surface area contributed by atoms with Crippen LogP contribution in [0.15, 0.2) is 29.9 Å². The number of alkyl halides is 3. The third-order valence-electron chi connectivity index (χ3n) is 3.04. The SMILES string of the molecule is CN(CC(O)C(F)(F)F)C(=O)Cc1csc(-c2cccnc2)n1.